The van der Waals surface area contributed by atoms with Gasteiger partial charge in [0.2, 0.25) is 5.91 Å². The molecule has 1 heterocycles. The van der Waals surface area contributed by atoms with Crippen molar-refractivity contribution in [2.24, 2.45) is 0 Å². The van der Waals surface area contributed by atoms with Crippen molar-refractivity contribution in [3.8, 4) is 0 Å². The number of fused-ring (bicyclic) bond motifs is 1. The number of halogens is 1. The largest absolute Gasteiger partial charge is 0.460 e. The molecule has 1 aliphatic carbocycles. The second-order valence-corrected chi connectivity index (χ2v) is 12.7. The molecule has 3 N–H and O–H groups in total. The zero-order valence-corrected chi connectivity index (χ0v) is 27.0. The Morgan fingerprint density at radius 3 is 2.57 bits per heavy atom. The number of hydrogen-bond donors (Lipinski definition) is 3. The van der Waals surface area contributed by atoms with Crippen LogP contribution in [0.5, 0.6) is 0 Å². The average molecular weight is 721 g/mol. The summed E-state index contributed by atoms with van der Waals surface area (Å²) >= 11 is 2.07. The van der Waals surface area contributed by atoms with Gasteiger partial charge in [-0.15, -0.1) is 0 Å². The number of hydrogen-bond acceptors (Lipinski definition) is 9. The molecule has 2 aliphatic rings. The number of ether oxygens (including phenoxy) is 4. The van der Waals surface area contributed by atoms with Crippen LogP contribution in [0, 0.1) is 3.57 Å². The maximum absolute atomic E-state index is 13.2. The zero-order chi connectivity index (χ0) is 31.9. The van der Waals surface area contributed by atoms with Crippen LogP contribution in [0.4, 0.5) is 0 Å². The van der Waals surface area contributed by atoms with Crippen molar-refractivity contribution in [2.75, 3.05) is 13.4 Å². The third-order valence-electron chi connectivity index (χ3n) is 6.96. The first-order valence-corrected chi connectivity index (χ1v) is 15.4. The maximum atomic E-state index is 13.2. The first kappa shape index (κ1) is 33.6. The summed E-state index contributed by atoms with van der Waals surface area (Å²) in [5, 5.41) is 15.3. The first-order valence-electron chi connectivity index (χ1n) is 14.3. The van der Waals surface area contributed by atoms with Crippen LogP contribution >= 0.6 is 22.6 Å². The number of carbonyl (C=O) groups is 4. The summed E-state index contributed by atoms with van der Waals surface area (Å²) in [6.07, 6.45) is 0.366. The number of nitrogens with one attached hydrogen (secondary N) is 2. The second kappa shape index (κ2) is 15.1. The van der Waals surface area contributed by atoms with Crippen molar-refractivity contribution in [2.45, 2.75) is 76.5 Å². The molecule has 4 atom stereocenters. The van der Waals surface area contributed by atoms with E-state index in [4.69, 9.17) is 18.9 Å². The second-order valence-electron chi connectivity index (χ2n) is 11.6. The third kappa shape index (κ3) is 9.34. The number of amides is 2. The molecule has 44 heavy (non-hydrogen) atoms. The van der Waals surface area contributed by atoms with Crippen LogP contribution in [0.3, 0.4) is 0 Å². The molecular weight excluding hydrogens is 683 g/mol. The van der Waals surface area contributed by atoms with E-state index in [0.29, 0.717) is 22.3 Å². The topological polar surface area (TPSA) is 149 Å². The molecule has 236 valence electrons. The third-order valence-corrected chi connectivity index (χ3v) is 7.90. The molecule has 4 rings (SSSR count). The number of carbonyl (C=O) groups excluding carboxylic acids is 4. The molecule has 0 spiro atoms. The molecule has 4 unspecified atom stereocenters. The van der Waals surface area contributed by atoms with Gasteiger partial charge in [-0.1, -0.05) is 24.3 Å². The van der Waals surface area contributed by atoms with Crippen molar-refractivity contribution in [3.63, 3.8) is 0 Å². The summed E-state index contributed by atoms with van der Waals surface area (Å²) in [6.45, 7) is 5.14. The van der Waals surface area contributed by atoms with Crippen molar-refractivity contribution < 1.29 is 43.2 Å². The van der Waals surface area contributed by atoms with Gasteiger partial charge in [-0.25, -0.2) is 4.79 Å². The lowest BCUT2D eigenvalue weighted by molar-refractivity contribution is -0.155. The average Bonchev–Trinajstić information content (AvgIpc) is 3.46. The first-order chi connectivity index (χ1) is 20.9. The van der Waals surface area contributed by atoms with Gasteiger partial charge < -0.3 is 34.7 Å². The number of aliphatic hydroxyl groups excluding tert-OH is 1. The fourth-order valence-corrected chi connectivity index (χ4v) is 5.44. The van der Waals surface area contributed by atoms with Crippen LogP contribution < -0.4 is 10.6 Å². The van der Waals surface area contributed by atoms with Gasteiger partial charge in [0, 0.05) is 34.1 Å². The molecule has 2 amide bonds. The Labute approximate surface area is 269 Å². The van der Waals surface area contributed by atoms with E-state index in [-0.39, 0.29) is 45.1 Å². The summed E-state index contributed by atoms with van der Waals surface area (Å²) in [4.78, 5) is 51.0. The fourth-order valence-electron chi connectivity index (χ4n) is 4.83. The van der Waals surface area contributed by atoms with E-state index < -0.39 is 47.8 Å². The Balaban J connectivity index is 1.33. The molecule has 11 nitrogen and oxygen atoms in total. The SMILES string of the molecule is CC(C)(C)OC(=O)CCC(CO)NC(=O)c1cccc(CNC(=O)C2=CC3OCOC3C(OC(=O)c3ccccc3I)C2)c1. The number of benzene rings is 2. The summed E-state index contributed by atoms with van der Waals surface area (Å²) in [5.41, 5.74) is 1.24. The van der Waals surface area contributed by atoms with Gasteiger partial charge in [0.05, 0.1) is 18.2 Å². The summed E-state index contributed by atoms with van der Waals surface area (Å²) in [6, 6.07) is 13.2. The van der Waals surface area contributed by atoms with Crippen LogP contribution in [0.25, 0.3) is 0 Å². The van der Waals surface area contributed by atoms with Gasteiger partial charge in [-0.2, -0.15) is 0 Å². The molecule has 0 aromatic heterocycles. The molecule has 2 aromatic rings. The van der Waals surface area contributed by atoms with Gasteiger partial charge in [0.15, 0.2) is 0 Å². The minimum atomic E-state index is -0.710. The standard InChI is InChI=1S/C32H37IN2O9/c1-32(2,3)44-27(37)12-11-22(17-36)35-30(39)20-8-6-7-19(13-20)16-34-29(38)21-14-25-28(42-18-41-25)26(15-21)43-31(40)23-9-4-5-10-24(23)33/h4-10,13-14,22,25-26,28,36H,11-12,15-18H2,1-3H3,(H,34,38)(H,35,39). The summed E-state index contributed by atoms with van der Waals surface area (Å²) < 4.78 is 23.1. The van der Waals surface area contributed by atoms with E-state index in [1.165, 1.54) is 0 Å². The predicted octanol–water partition coefficient (Wildman–Crippen LogP) is 3.42. The van der Waals surface area contributed by atoms with Crippen LogP contribution in [-0.2, 0) is 35.1 Å². The van der Waals surface area contributed by atoms with Crippen LogP contribution in [-0.4, -0.2) is 72.2 Å². The predicted molar refractivity (Wildman–Crippen MR) is 167 cm³/mol. The van der Waals surface area contributed by atoms with Gasteiger partial charge in [0.1, 0.15) is 30.7 Å². The lowest BCUT2D eigenvalue weighted by atomic mass is 9.91. The molecule has 12 heteroatoms. The van der Waals surface area contributed by atoms with E-state index >= 15 is 0 Å². The Morgan fingerprint density at radius 2 is 1.84 bits per heavy atom. The van der Waals surface area contributed by atoms with Crippen molar-refractivity contribution >= 4 is 46.3 Å². The molecule has 0 bridgehead atoms. The lowest BCUT2D eigenvalue weighted by Gasteiger charge is -2.30. The quantitative estimate of drug-likeness (QED) is 0.235. The monoisotopic (exact) mass is 720 g/mol. The normalized spacial score (nSPS) is 20.1. The molecule has 0 saturated carbocycles. The minimum absolute atomic E-state index is 0.0324. The maximum Gasteiger partial charge on any atom is 0.339 e. The van der Waals surface area contributed by atoms with Crippen molar-refractivity contribution in [1.82, 2.24) is 10.6 Å². The van der Waals surface area contributed by atoms with Crippen molar-refractivity contribution in [3.05, 3.63) is 80.4 Å². The Hall–Kier alpha value is -3.33. The van der Waals surface area contributed by atoms with Crippen LogP contribution in [0.1, 0.15) is 66.3 Å². The van der Waals surface area contributed by atoms with Crippen LogP contribution in [0.15, 0.2) is 60.2 Å². The van der Waals surface area contributed by atoms with Crippen LogP contribution in [0.2, 0.25) is 0 Å². The summed E-state index contributed by atoms with van der Waals surface area (Å²) in [5.74, 6) is -1.68. The summed E-state index contributed by atoms with van der Waals surface area (Å²) in [7, 11) is 0. The van der Waals surface area contributed by atoms with Gasteiger partial charge in [0.25, 0.3) is 5.91 Å². The highest BCUT2D eigenvalue weighted by molar-refractivity contribution is 14.1. The fraction of sp³-hybridized carbons (Fsp3) is 0.438. The molecular formula is C32H37IN2O9. The zero-order valence-electron chi connectivity index (χ0n) is 24.8. The number of rotatable bonds is 11. The van der Waals surface area contributed by atoms with E-state index in [2.05, 4.69) is 33.2 Å². The molecule has 1 saturated heterocycles. The Kier molecular flexibility index (Phi) is 11.5. The molecule has 1 fully saturated rings. The molecule has 2 aromatic carbocycles. The highest BCUT2D eigenvalue weighted by Gasteiger charge is 2.42. The van der Waals surface area contributed by atoms with E-state index in [1.54, 1.807) is 63.2 Å². The highest BCUT2D eigenvalue weighted by Crippen LogP contribution is 2.31. The highest BCUT2D eigenvalue weighted by atomic mass is 127. The smallest absolute Gasteiger partial charge is 0.339 e. The minimum Gasteiger partial charge on any atom is -0.460 e. The van der Waals surface area contributed by atoms with E-state index in [9.17, 15) is 24.3 Å². The Bertz CT molecular complexity index is 1400. The number of aliphatic hydroxyl groups is 1. The van der Waals surface area contributed by atoms with Gasteiger partial charge in [-0.3, -0.25) is 14.4 Å². The lowest BCUT2D eigenvalue weighted by Crippen LogP contribution is -2.43. The van der Waals surface area contributed by atoms with Crippen molar-refractivity contribution in [1.29, 1.82) is 0 Å². The van der Waals surface area contributed by atoms with E-state index in [1.807, 2.05) is 12.1 Å². The van der Waals surface area contributed by atoms with E-state index in [0.717, 1.165) is 3.57 Å². The molecule has 1 aliphatic heterocycles. The molecule has 0 radical (unpaired) electrons. The van der Waals surface area contributed by atoms with Gasteiger partial charge >= 0.3 is 11.9 Å². The van der Waals surface area contributed by atoms with Gasteiger partial charge in [-0.05, 0) is 85.7 Å². The Morgan fingerprint density at radius 1 is 1.07 bits per heavy atom. The number of esters is 2.